The van der Waals surface area contributed by atoms with E-state index in [0.717, 1.165) is 4.68 Å². The first-order valence-electron chi connectivity index (χ1n) is 9.42. The Morgan fingerprint density at radius 1 is 1.45 bits per heavy atom. The van der Waals surface area contributed by atoms with Crippen molar-refractivity contribution in [1.29, 1.82) is 0 Å². The fraction of sp³-hybridized carbons (Fsp3) is 0.421. The van der Waals surface area contributed by atoms with Crippen molar-refractivity contribution in [2.75, 3.05) is 20.3 Å². The van der Waals surface area contributed by atoms with Gasteiger partial charge < -0.3 is 15.2 Å². The van der Waals surface area contributed by atoms with E-state index in [0.29, 0.717) is 27.9 Å². The Kier molecular flexibility index (Phi) is 8.06. The first kappa shape index (κ1) is 23.7. The van der Waals surface area contributed by atoms with Crippen LogP contribution in [0, 0.1) is 0 Å². The van der Waals surface area contributed by atoms with Gasteiger partial charge in [0.25, 0.3) is 0 Å². The Morgan fingerprint density at radius 3 is 2.87 bits per heavy atom. The lowest BCUT2D eigenvalue weighted by Crippen LogP contribution is -2.42. The van der Waals surface area contributed by atoms with Crippen molar-refractivity contribution in [2.24, 2.45) is 0 Å². The van der Waals surface area contributed by atoms with Crippen LogP contribution in [0.15, 0.2) is 39.4 Å². The number of rotatable bonds is 9. The highest BCUT2D eigenvalue weighted by atomic mass is 35.5. The van der Waals surface area contributed by atoms with E-state index in [9.17, 15) is 19.1 Å². The first-order valence-corrected chi connectivity index (χ1v) is 11.0. The van der Waals surface area contributed by atoms with Gasteiger partial charge in [-0.15, -0.1) is 16.4 Å². The van der Waals surface area contributed by atoms with Crippen LogP contribution in [-0.4, -0.2) is 51.7 Å². The molecule has 1 amide bonds. The maximum absolute atomic E-state index is 14.3. The molecule has 31 heavy (non-hydrogen) atoms. The smallest absolute Gasteiger partial charge is 0.346 e. The number of aliphatic hydroxyl groups is 1. The molecule has 12 heteroatoms. The quantitative estimate of drug-likeness (QED) is 0.562. The van der Waals surface area contributed by atoms with Crippen LogP contribution in [0.2, 0.25) is 4.34 Å². The highest BCUT2D eigenvalue weighted by Crippen LogP contribution is 2.31. The van der Waals surface area contributed by atoms with Gasteiger partial charge in [-0.25, -0.2) is 13.9 Å². The second kappa shape index (κ2) is 10.6. The number of thiophene rings is 1. The lowest BCUT2D eigenvalue weighted by molar-refractivity contribution is -0.122. The molecule has 0 radical (unpaired) electrons. The molecule has 1 aliphatic rings. The summed E-state index contributed by atoms with van der Waals surface area (Å²) in [6.07, 6.45) is 2.46. The predicted octanol–water partition coefficient (Wildman–Crippen LogP) is 2.69. The van der Waals surface area contributed by atoms with E-state index in [-0.39, 0.29) is 23.8 Å². The fourth-order valence-electron chi connectivity index (χ4n) is 3.15. The molecule has 0 bridgehead atoms. The summed E-state index contributed by atoms with van der Waals surface area (Å²) in [4.78, 5) is 26.1. The van der Waals surface area contributed by atoms with Crippen molar-refractivity contribution >= 4 is 40.4 Å². The van der Waals surface area contributed by atoms with Crippen LogP contribution in [-0.2, 0) is 22.6 Å². The van der Waals surface area contributed by atoms with Crippen molar-refractivity contribution in [2.45, 2.75) is 32.0 Å². The number of ether oxygens (including phenoxy) is 1. The molecule has 0 aromatic carbocycles. The van der Waals surface area contributed by atoms with Crippen molar-refractivity contribution in [1.82, 2.24) is 19.7 Å². The fourth-order valence-corrected chi connectivity index (χ4v) is 4.40. The van der Waals surface area contributed by atoms with Crippen LogP contribution in [0.4, 0.5) is 4.39 Å². The van der Waals surface area contributed by atoms with Gasteiger partial charge in [-0.3, -0.25) is 9.36 Å². The third kappa shape index (κ3) is 5.45. The largest absolute Gasteiger partial charge is 0.394 e. The Balaban J connectivity index is 1.81. The summed E-state index contributed by atoms with van der Waals surface area (Å²) >= 11 is 13.1. The van der Waals surface area contributed by atoms with Gasteiger partial charge in [0.2, 0.25) is 5.91 Å². The highest BCUT2D eigenvalue weighted by Gasteiger charge is 2.25. The maximum Gasteiger partial charge on any atom is 0.346 e. The zero-order valence-corrected chi connectivity index (χ0v) is 18.9. The van der Waals surface area contributed by atoms with Crippen molar-refractivity contribution in [3.05, 3.63) is 49.5 Å². The first-order chi connectivity index (χ1) is 14.8. The number of carbonyl (C=O) groups is 1. The topological polar surface area (TPSA) is 98.4 Å². The minimum Gasteiger partial charge on any atom is -0.394 e. The third-order valence-electron chi connectivity index (χ3n) is 4.64. The van der Waals surface area contributed by atoms with Crippen LogP contribution in [0.5, 0.6) is 0 Å². The molecule has 2 aromatic heterocycles. The van der Waals surface area contributed by atoms with Gasteiger partial charge in [-0.2, -0.15) is 0 Å². The van der Waals surface area contributed by atoms with Gasteiger partial charge in [0.15, 0.2) is 5.82 Å². The molecule has 1 unspecified atom stereocenters. The third-order valence-corrected chi connectivity index (χ3v) is 6.22. The Hall–Kier alpha value is -1.98. The molecular weight excluding hydrogens is 470 g/mol. The van der Waals surface area contributed by atoms with Crippen molar-refractivity contribution in [3.63, 3.8) is 0 Å². The van der Waals surface area contributed by atoms with E-state index in [4.69, 9.17) is 27.9 Å². The van der Waals surface area contributed by atoms with Crippen LogP contribution < -0.4 is 11.0 Å². The summed E-state index contributed by atoms with van der Waals surface area (Å²) < 4.78 is 22.3. The summed E-state index contributed by atoms with van der Waals surface area (Å²) in [5.74, 6) is -0.893. The average Bonchev–Trinajstić information content (AvgIpc) is 3.30. The average molecular weight is 491 g/mol. The number of nitrogens with zero attached hydrogens (tertiary/aromatic N) is 3. The number of carbonyl (C=O) groups excluding carboxylic acids is 1. The Morgan fingerprint density at radius 2 is 2.23 bits per heavy atom. The van der Waals surface area contributed by atoms with Gasteiger partial charge in [0, 0.05) is 12.7 Å². The summed E-state index contributed by atoms with van der Waals surface area (Å²) in [6, 6.07) is 2.44. The number of methoxy groups -OCH3 is 1. The number of nitrogens with one attached hydrogen (secondary N) is 1. The van der Waals surface area contributed by atoms with Gasteiger partial charge in [-0.1, -0.05) is 29.3 Å². The standard InChI is InChI=1S/C19H21Cl2FN4O4S/c1-30-8-7-25-18(14-5-6-15(21)31-14)24-26(19(25)29)9-16(28)23-13(10-27)11-3-2-4-12(20)17(11)22/h3,5-6,13,27H,2,4,7-10H2,1H3,(H,23,28). The van der Waals surface area contributed by atoms with Gasteiger partial charge in [0.05, 0.1) is 40.0 Å². The number of hydrogen-bond donors (Lipinski definition) is 2. The van der Waals surface area contributed by atoms with E-state index >= 15 is 0 Å². The number of allylic oxidation sites excluding steroid dienone is 2. The van der Waals surface area contributed by atoms with Gasteiger partial charge in [-0.05, 0) is 25.0 Å². The van der Waals surface area contributed by atoms with Gasteiger partial charge >= 0.3 is 5.69 Å². The lowest BCUT2D eigenvalue weighted by atomic mass is 9.99. The Bertz CT molecular complexity index is 1080. The number of amides is 1. The normalized spacial score (nSPS) is 15.2. The van der Waals surface area contributed by atoms with Crippen LogP contribution in [0.1, 0.15) is 12.8 Å². The van der Waals surface area contributed by atoms with E-state index in [2.05, 4.69) is 10.4 Å². The SMILES string of the molecule is COCCn1c(-c2ccc(Cl)s2)nn(CC(=O)NC(CO)C2=CCCC(Cl)=C2F)c1=O. The summed E-state index contributed by atoms with van der Waals surface area (Å²) in [5, 5.41) is 16.5. The molecule has 1 atom stereocenters. The minimum atomic E-state index is -0.983. The van der Waals surface area contributed by atoms with Gasteiger partial charge in [0.1, 0.15) is 12.4 Å². The number of aromatic nitrogens is 3. The molecule has 2 aromatic rings. The van der Waals surface area contributed by atoms with E-state index in [1.165, 1.54) is 23.0 Å². The maximum atomic E-state index is 14.3. The molecule has 0 fully saturated rings. The predicted molar refractivity (Wildman–Crippen MR) is 117 cm³/mol. The molecule has 0 saturated heterocycles. The number of aliphatic hydroxyl groups excluding tert-OH is 1. The number of halogens is 3. The second-order valence-electron chi connectivity index (χ2n) is 6.73. The summed E-state index contributed by atoms with van der Waals surface area (Å²) in [6.45, 7) is -0.418. The molecule has 2 heterocycles. The molecule has 0 spiro atoms. The molecular formula is C19H21Cl2FN4O4S. The monoisotopic (exact) mass is 490 g/mol. The molecule has 0 aliphatic heterocycles. The molecule has 3 rings (SSSR count). The molecule has 2 N–H and O–H groups in total. The van der Waals surface area contributed by atoms with Crippen LogP contribution in [0.3, 0.4) is 0 Å². The zero-order valence-electron chi connectivity index (χ0n) is 16.6. The second-order valence-corrected chi connectivity index (χ2v) is 8.90. The number of hydrogen-bond acceptors (Lipinski definition) is 6. The highest BCUT2D eigenvalue weighted by molar-refractivity contribution is 7.19. The molecule has 168 valence electrons. The van der Waals surface area contributed by atoms with Crippen LogP contribution in [0.25, 0.3) is 10.7 Å². The van der Waals surface area contributed by atoms with Crippen LogP contribution >= 0.6 is 34.5 Å². The molecule has 1 aliphatic carbocycles. The van der Waals surface area contributed by atoms with Crippen molar-refractivity contribution < 1.29 is 19.0 Å². The Labute approximate surface area is 191 Å². The summed E-state index contributed by atoms with van der Waals surface area (Å²) in [7, 11) is 1.51. The van der Waals surface area contributed by atoms with E-state index in [1.807, 2.05) is 0 Å². The van der Waals surface area contributed by atoms with Crippen molar-refractivity contribution in [3.8, 4) is 10.7 Å². The lowest BCUT2D eigenvalue weighted by Gasteiger charge is -2.22. The zero-order chi connectivity index (χ0) is 22.5. The molecule has 8 nitrogen and oxygen atoms in total. The summed E-state index contributed by atoms with van der Waals surface area (Å²) in [5.41, 5.74) is -0.378. The minimum absolute atomic E-state index is 0.0533. The van der Waals surface area contributed by atoms with E-state index in [1.54, 1.807) is 18.2 Å². The molecule has 0 saturated carbocycles. The van der Waals surface area contributed by atoms with E-state index < -0.39 is 36.6 Å².